The second-order valence-electron chi connectivity index (χ2n) is 9.07. The number of hydrogen-bond acceptors (Lipinski definition) is 5. The van der Waals surface area contributed by atoms with Gasteiger partial charge in [-0.05, 0) is 32.0 Å². The van der Waals surface area contributed by atoms with Crippen LogP contribution in [-0.2, 0) is 6.54 Å². The minimum atomic E-state index is -2.98. The smallest absolute Gasteiger partial charge is 0.280 e. The van der Waals surface area contributed by atoms with Crippen molar-refractivity contribution in [3.8, 4) is 17.0 Å². The number of carbonyl (C=O) groups is 1. The van der Waals surface area contributed by atoms with Crippen LogP contribution in [0.15, 0.2) is 36.5 Å². The molecule has 5 aromatic rings. The molecule has 2 aromatic carbocycles. The van der Waals surface area contributed by atoms with E-state index < -0.39 is 59.2 Å². The van der Waals surface area contributed by atoms with E-state index in [0.29, 0.717) is 11.3 Å². The van der Waals surface area contributed by atoms with Crippen LogP contribution in [0.3, 0.4) is 0 Å². The van der Waals surface area contributed by atoms with Crippen LogP contribution in [0.25, 0.3) is 16.9 Å². The Morgan fingerprint density at radius 2 is 1.64 bits per heavy atom. The molecule has 0 saturated carbocycles. The molecule has 0 unspecified atom stereocenters. The summed E-state index contributed by atoms with van der Waals surface area (Å²) in [6, 6.07) is 7.69. The second kappa shape index (κ2) is 10.8. The average Bonchev–Trinajstić information content (AvgIpc) is 3.52. The number of amides is 1. The van der Waals surface area contributed by atoms with E-state index in [1.165, 1.54) is 21.0 Å². The molecule has 3 heterocycles. The molecule has 0 aliphatic carbocycles. The molecule has 3 aromatic heterocycles. The molecule has 0 atom stereocenters. The molecular formula is C27H19F7N6O2. The number of carbonyl (C=O) groups excluding carboxylic acids is 1. The quantitative estimate of drug-likeness (QED) is 0.139. The summed E-state index contributed by atoms with van der Waals surface area (Å²) in [7, 11) is 1.40. The average molecular weight is 592 g/mol. The summed E-state index contributed by atoms with van der Waals surface area (Å²) in [5, 5.41) is 10.5. The number of alkyl halides is 2. The fourth-order valence-corrected chi connectivity index (χ4v) is 4.45. The number of rotatable bonds is 7. The molecule has 0 aliphatic heterocycles. The maximum atomic E-state index is 14.3. The van der Waals surface area contributed by atoms with E-state index >= 15 is 0 Å². The number of methoxy groups -OCH3 is 1. The normalized spacial score (nSPS) is 11.5. The van der Waals surface area contributed by atoms with Crippen LogP contribution in [-0.4, -0.2) is 37.4 Å². The second-order valence-corrected chi connectivity index (χ2v) is 9.07. The van der Waals surface area contributed by atoms with Gasteiger partial charge in [0.05, 0.1) is 48.2 Å². The first kappa shape index (κ1) is 28.6. The monoisotopic (exact) mass is 592 g/mol. The number of aryl methyl sites for hydroxylation is 1. The lowest BCUT2D eigenvalue weighted by molar-refractivity contribution is 0.102. The predicted octanol–water partition coefficient (Wildman–Crippen LogP) is 6.15. The summed E-state index contributed by atoms with van der Waals surface area (Å²) in [6.07, 6.45) is -1.94. The van der Waals surface area contributed by atoms with E-state index in [2.05, 4.69) is 20.5 Å². The van der Waals surface area contributed by atoms with Gasteiger partial charge in [-0.2, -0.15) is 10.2 Å². The Bertz CT molecular complexity index is 1840. The van der Waals surface area contributed by atoms with Gasteiger partial charge in [0.2, 0.25) is 5.82 Å². The Morgan fingerprint density at radius 3 is 2.29 bits per heavy atom. The zero-order chi connectivity index (χ0) is 30.5. The zero-order valence-electron chi connectivity index (χ0n) is 21.9. The van der Waals surface area contributed by atoms with Crippen LogP contribution in [0, 0.1) is 42.9 Å². The lowest BCUT2D eigenvalue weighted by Crippen LogP contribution is -2.15. The number of benzene rings is 2. The molecule has 218 valence electrons. The number of nitrogens with one attached hydrogen (secondary N) is 1. The number of nitrogens with zero attached hydrogens (tertiary/aromatic N) is 5. The Labute approximate surface area is 232 Å². The summed E-state index contributed by atoms with van der Waals surface area (Å²) in [5.41, 5.74) is -1.28. The van der Waals surface area contributed by atoms with Gasteiger partial charge in [-0.25, -0.2) is 40.2 Å². The fraction of sp³-hybridized carbons (Fsp3) is 0.185. The Kier molecular flexibility index (Phi) is 7.34. The van der Waals surface area contributed by atoms with Gasteiger partial charge in [0, 0.05) is 5.56 Å². The molecule has 5 rings (SSSR count). The maximum Gasteiger partial charge on any atom is 0.280 e. The van der Waals surface area contributed by atoms with E-state index in [1.54, 1.807) is 24.3 Å². The first-order valence-electron chi connectivity index (χ1n) is 12.1. The van der Waals surface area contributed by atoms with Gasteiger partial charge in [0.15, 0.2) is 28.9 Å². The molecule has 1 amide bonds. The highest BCUT2D eigenvalue weighted by Gasteiger charge is 2.28. The number of hydrogen-bond donors (Lipinski definition) is 1. The largest absolute Gasteiger partial charge is 0.496 e. The molecule has 0 aliphatic rings. The Balaban J connectivity index is 1.53. The van der Waals surface area contributed by atoms with E-state index in [9.17, 15) is 35.5 Å². The first-order valence-corrected chi connectivity index (χ1v) is 12.1. The van der Waals surface area contributed by atoms with E-state index in [-0.39, 0.29) is 34.0 Å². The summed E-state index contributed by atoms with van der Waals surface area (Å²) >= 11 is 0. The lowest BCUT2D eigenvalue weighted by atomic mass is 10.1. The number of fused-ring (bicyclic) bond motifs is 1. The molecule has 42 heavy (non-hydrogen) atoms. The SMILES string of the molecule is COc1ccccc1-c1cc(C(F)F)n2ncc(C(=O)Nc3c(C)nn(Cc4c(F)c(F)c(F)c(F)c4F)c3C)c2n1. The zero-order valence-corrected chi connectivity index (χ0v) is 21.9. The van der Waals surface area contributed by atoms with Crippen molar-refractivity contribution < 1.29 is 40.3 Å². The highest BCUT2D eigenvalue weighted by molar-refractivity contribution is 6.08. The van der Waals surface area contributed by atoms with Gasteiger partial charge < -0.3 is 10.1 Å². The van der Waals surface area contributed by atoms with Gasteiger partial charge in [-0.1, -0.05) is 12.1 Å². The molecule has 15 heteroatoms. The number of ether oxygens (including phenoxy) is 1. The van der Waals surface area contributed by atoms with Gasteiger partial charge in [-0.15, -0.1) is 0 Å². The molecule has 0 fully saturated rings. The lowest BCUT2D eigenvalue weighted by Gasteiger charge is -2.11. The van der Waals surface area contributed by atoms with E-state index in [0.717, 1.165) is 21.5 Å². The summed E-state index contributed by atoms with van der Waals surface area (Å²) in [6.45, 7) is 1.98. The third-order valence-corrected chi connectivity index (χ3v) is 6.58. The minimum Gasteiger partial charge on any atom is -0.496 e. The van der Waals surface area contributed by atoms with Crippen LogP contribution in [0.2, 0.25) is 0 Å². The number of halogens is 7. The van der Waals surface area contributed by atoms with Crippen molar-refractivity contribution in [1.82, 2.24) is 24.4 Å². The van der Waals surface area contributed by atoms with Gasteiger partial charge in [-0.3, -0.25) is 9.48 Å². The van der Waals surface area contributed by atoms with Crippen LogP contribution in [0.4, 0.5) is 36.4 Å². The standard InChI is InChI=1S/C27H19F7N6O2/c1-11-24(12(2)39(38-11)10-15-19(28)21(30)23(32)22(31)20(15)29)37-27(41)14-9-35-40-17(25(33)34)8-16(36-26(14)40)13-6-4-5-7-18(13)42-3/h4-9,25H,10H2,1-3H3,(H,37,41). The number of anilines is 1. The summed E-state index contributed by atoms with van der Waals surface area (Å²) < 4.78 is 104. The molecule has 1 N–H and O–H groups in total. The highest BCUT2D eigenvalue weighted by atomic mass is 19.3. The summed E-state index contributed by atoms with van der Waals surface area (Å²) in [4.78, 5) is 17.7. The Morgan fingerprint density at radius 1 is 1.00 bits per heavy atom. The molecule has 0 bridgehead atoms. The topological polar surface area (TPSA) is 86.3 Å². The van der Waals surface area contributed by atoms with Crippen molar-refractivity contribution in [3.05, 3.63) is 93.8 Å². The van der Waals surface area contributed by atoms with Crippen molar-refractivity contribution in [2.45, 2.75) is 26.8 Å². The highest BCUT2D eigenvalue weighted by Crippen LogP contribution is 2.33. The molecule has 0 saturated heterocycles. The molecule has 0 spiro atoms. The van der Waals surface area contributed by atoms with Crippen molar-refractivity contribution in [2.75, 3.05) is 12.4 Å². The molecule has 0 radical (unpaired) electrons. The minimum absolute atomic E-state index is 0.0539. The molecular weight excluding hydrogens is 573 g/mol. The summed E-state index contributed by atoms with van der Waals surface area (Å²) in [5.74, 6) is -11.0. The van der Waals surface area contributed by atoms with Gasteiger partial charge in [0.1, 0.15) is 17.0 Å². The van der Waals surface area contributed by atoms with Gasteiger partial charge in [0.25, 0.3) is 12.3 Å². The predicted molar refractivity (Wildman–Crippen MR) is 135 cm³/mol. The third kappa shape index (κ3) is 4.69. The number of para-hydroxylation sites is 1. The van der Waals surface area contributed by atoms with Crippen LogP contribution < -0.4 is 10.1 Å². The van der Waals surface area contributed by atoms with Crippen molar-refractivity contribution >= 4 is 17.2 Å². The van der Waals surface area contributed by atoms with Gasteiger partial charge >= 0.3 is 0 Å². The van der Waals surface area contributed by atoms with Crippen molar-refractivity contribution in [2.24, 2.45) is 0 Å². The first-order chi connectivity index (χ1) is 19.9. The van der Waals surface area contributed by atoms with Crippen LogP contribution >= 0.6 is 0 Å². The molecule has 8 nitrogen and oxygen atoms in total. The van der Waals surface area contributed by atoms with E-state index in [1.807, 2.05) is 0 Å². The fourth-order valence-electron chi connectivity index (χ4n) is 4.45. The van der Waals surface area contributed by atoms with E-state index in [4.69, 9.17) is 4.74 Å². The Hall–Kier alpha value is -4.95. The van der Waals surface area contributed by atoms with Crippen molar-refractivity contribution in [3.63, 3.8) is 0 Å². The number of aromatic nitrogens is 5. The maximum absolute atomic E-state index is 14.3. The van der Waals surface area contributed by atoms with Crippen LogP contribution in [0.5, 0.6) is 5.75 Å². The van der Waals surface area contributed by atoms with Crippen molar-refractivity contribution in [1.29, 1.82) is 0 Å². The van der Waals surface area contributed by atoms with Crippen LogP contribution in [0.1, 0.15) is 39.4 Å². The third-order valence-electron chi connectivity index (χ3n) is 6.58.